The Morgan fingerprint density at radius 1 is 1.00 bits per heavy atom. The van der Waals surface area contributed by atoms with Crippen LogP contribution in [-0.4, -0.2) is 27.2 Å². The molecule has 1 aliphatic heterocycles. The second-order valence-electron chi connectivity index (χ2n) is 7.61. The zero-order valence-corrected chi connectivity index (χ0v) is 20.7. The number of hydrogen-bond donors (Lipinski definition) is 0. The van der Waals surface area contributed by atoms with Crippen molar-refractivity contribution in [2.24, 2.45) is 0 Å². The molecule has 3 aromatic rings. The molecule has 2 amide bonds. The monoisotopic (exact) mass is 500 g/mol. The van der Waals surface area contributed by atoms with Crippen molar-refractivity contribution in [3.8, 4) is 11.4 Å². The normalized spacial score (nSPS) is 15.1. The summed E-state index contributed by atoms with van der Waals surface area (Å²) in [5.41, 5.74) is 4.63. The Morgan fingerprint density at radius 3 is 2.39 bits per heavy atom. The van der Waals surface area contributed by atoms with E-state index in [-0.39, 0.29) is 17.7 Å². The molecule has 0 spiro atoms. The molecule has 2 aromatic carbocycles. The van der Waals surface area contributed by atoms with Crippen molar-refractivity contribution in [1.82, 2.24) is 9.47 Å². The maximum Gasteiger partial charge on any atom is 0.293 e. The zero-order valence-electron chi connectivity index (χ0n) is 18.4. The Morgan fingerprint density at radius 2 is 1.73 bits per heavy atom. The summed E-state index contributed by atoms with van der Waals surface area (Å²) < 4.78 is 7.64. The lowest BCUT2D eigenvalue weighted by Gasteiger charge is -2.13. The first-order valence-electron chi connectivity index (χ1n) is 10.4. The quantitative estimate of drug-likeness (QED) is 0.340. The summed E-state index contributed by atoms with van der Waals surface area (Å²) in [6.07, 6.45) is 1.78. The van der Waals surface area contributed by atoms with Crippen LogP contribution in [0, 0.1) is 13.8 Å². The number of nitrogens with zero attached hydrogens (tertiary/aromatic N) is 2. The summed E-state index contributed by atoms with van der Waals surface area (Å²) in [7, 11) is 0. The first kappa shape index (κ1) is 23.5. The minimum absolute atomic E-state index is 0.143. The minimum Gasteiger partial charge on any atom is -0.494 e. The highest BCUT2D eigenvalue weighted by atomic mass is 35.5. The number of imide groups is 1. The fraction of sp³-hybridized carbons (Fsp3) is 0.200. The number of carbonyl (C=O) groups excluding carboxylic acids is 2. The average Bonchev–Trinajstić information content (AvgIpc) is 3.21. The van der Waals surface area contributed by atoms with Crippen LogP contribution in [0.3, 0.4) is 0 Å². The lowest BCUT2D eigenvalue weighted by atomic mass is 10.2. The second-order valence-corrected chi connectivity index (χ2v) is 9.41. The van der Waals surface area contributed by atoms with Gasteiger partial charge in [0.25, 0.3) is 11.1 Å². The summed E-state index contributed by atoms with van der Waals surface area (Å²) in [4.78, 5) is 27.2. The van der Waals surface area contributed by atoms with E-state index in [9.17, 15) is 9.59 Å². The van der Waals surface area contributed by atoms with E-state index < -0.39 is 0 Å². The van der Waals surface area contributed by atoms with E-state index in [1.807, 2.05) is 51.1 Å². The van der Waals surface area contributed by atoms with Gasteiger partial charge in [0.15, 0.2) is 0 Å². The van der Waals surface area contributed by atoms with Crippen molar-refractivity contribution in [2.45, 2.75) is 27.3 Å². The summed E-state index contributed by atoms with van der Waals surface area (Å²) in [5, 5.41) is 0.508. The smallest absolute Gasteiger partial charge is 0.293 e. The molecule has 0 radical (unpaired) electrons. The minimum atomic E-state index is -0.318. The molecular formula is C25H22Cl2N2O3S. The molecule has 33 heavy (non-hydrogen) atoms. The van der Waals surface area contributed by atoms with E-state index in [2.05, 4.69) is 4.57 Å². The Hall–Kier alpha value is -2.67. The second kappa shape index (κ2) is 9.67. The van der Waals surface area contributed by atoms with Gasteiger partial charge in [-0.25, -0.2) is 0 Å². The number of aromatic nitrogens is 1. The fourth-order valence-corrected chi connectivity index (χ4v) is 4.94. The van der Waals surface area contributed by atoms with Gasteiger partial charge in [0.2, 0.25) is 0 Å². The molecule has 0 N–H and O–H groups in total. The third kappa shape index (κ3) is 4.83. The van der Waals surface area contributed by atoms with Crippen LogP contribution in [0.15, 0.2) is 53.4 Å². The number of benzene rings is 2. The van der Waals surface area contributed by atoms with Crippen LogP contribution < -0.4 is 4.74 Å². The highest BCUT2D eigenvalue weighted by molar-refractivity contribution is 8.18. The molecule has 0 unspecified atom stereocenters. The molecule has 170 valence electrons. The first-order valence-corrected chi connectivity index (χ1v) is 12.0. The molecule has 0 aliphatic carbocycles. The van der Waals surface area contributed by atoms with Crippen LogP contribution in [0.2, 0.25) is 10.0 Å². The van der Waals surface area contributed by atoms with Gasteiger partial charge in [-0.3, -0.25) is 14.5 Å². The number of ether oxygens (including phenoxy) is 1. The molecule has 0 atom stereocenters. The standard InChI is InChI=1S/C25H22Cl2N2O3S/c1-4-32-20-8-6-19(7-9-20)29-15(2)11-18(16(29)3)13-23-24(30)28(25(31)33-23)14-17-5-10-21(26)22(27)12-17/h5-13H,4,14H2,1-3H3/b23-13-. The number of amides is 2. The van der Waals surface area contributed by atoms with Crippen LogP contribution in [0.5, 0.6) is 5.75 Å². The van der Waals surface area contributed by atoms with E-state index in [0.29, 0.717) is 21.6 Å². The highest BCUT2D eigenvalue weighted by Crippen LogP contribution is 2.35. The zero-order chi connectivity index (χ0) is 23.7. The van der Waals surface area contributed by atoms with Crippen LogP contribution in [0.25, 0.3) is 11.8 Å². The number of thioether (sulfide) groups is 1. The van der Waals surface area contributed by atoms with Crippen LogP contribution in [-0.2, 0) is 11.3 Å². The van der Waals surface area contributed by atoms with Gasteiger partial charge in [-0.2, -0.15) is 0 Å². The molecule has 4 rings (SSSR count). The predicted octanol–water partition coefficient (Wildman–Crippen LogP) is 7.04. The maximum absolute atomic E-state index is 13.0. The number of carbonyl (C=O) groups is 2. The van der Waals surface area contributed by atoms with Gasteiger partial charge in [-0.1, -0.05) is 29.3 Å². The molecule has 1 aliphatic rings. The van der Waals surface area contributed by atoms with E-state index in [0.717, 1.165) is 45.7 Å². The third-order valence-corrected chi connectivity index (χ3v) is 7.01. The van der Waals surface area contributed by atoms with Gasteiger partial charge >= 0.3 is 0 Å². The van der Waals surface area contributed by atoms with Gasteiger partial charge < -0.3 is 9.30 Å². The van der Waals surface area contributed by atoms with Crippen molar-refractivity contribution in [2.75, 3.05) is 6.61 Å². The van der Waals surface area contributed by atoms with E-state index >= 15 is 0 Å². The van der Waals surface area contributed by atoms with E-state index in [1.165, 1.54) is 4.90 Å². The van der Waals surface area contributed by atoms with Crippen molar-refractivity contribution in [3.05, 3.63) is 86.0 Å². The molecule has 5 nitrogen and oxygen atoms in total. The van der Waals surface area contributed by atoms with Gasteiger partial charge in [0.1, 0.15) is 5.75 Å². The maximum atomic E-state index is 13.0. The van der Waals surface area contributed by atoms with Crippen LogP contribution in [0.1, 0.15) is 29.4 Å². The Kier molecular flexibility index (Phi) is 6.88. The summed E-state index contributed by atoms with van der Waals surface area (Å²) in [5.74, 6) is 0.501. The molecule has 0 saturated carbocycles. The van der Waals surface area contributed by atoms with Crippen LogP contribution in [0.4, 0.5) is 4.79 Å². The predicted molar refractivity (Wildman–Crippen MR) is 134 cm³/mol. The number of rotatable bonds is 6. The highest BCUT2D eigenvalue weighted by Gasteiger charge is 2.35. The molecule has 1 aromatic heterocycles. The molecule has 2 heterocycles. The van der Waals surface area contributed by atoms with Crippen LogP contribution >= 0.6 is 35.0 Å². The van der Waals surface area contributed by atoms with E-state index in [4.69, 9.17) is 27.9 Å². The number of aryl methyl sites for hydroxylation is 1. The molecule has 1 saturated heterocycles. The third-order valence-electron chi connectivity index (χ3n) is 5.36. The topological polar surface area (TPSA) is 51.5 Å². The average molecular weight is 501 g/mol. The molecule has 8 heteroatoms. The first-order chi connectivity index (χ1) is 15.8. The lowest BCUT2D eigenvalue weighted by Crippen LogP contribution is -2.27. The van der Waals surface area contributed by atoms with Crippen molar-refractivity contribution >= 4 is 52.2 Å². The van der Waals surface area contributed by atoms with E-state index in [1.54, 1.807) is 24.3 Å². The summed E-state index contributed by atoms with van der Waals surface area (Å²) in [6, 6.07) is 15.0. The van der Waals surface area contributed by atoms with Gasteiger partial charge in [-0.15, -0.1) is 0 Å². The summed E-state index contributed by atoms with van der Waals surface area (Å²) >= 11 is 13.0. The fourth-order valence-electron chi connectivity index (χ4n) is 3.79. The summed E-state index contributed by atoms with van der Waals surface area (Å²) in [6.45, 7) is 6.72. The molecule has 1 fully saturated rings. The van der Waals surface area contributed by atoms with Gasteiger partial charge in [0.05, 0.1) is 28.1 Å². The Labute approximate surface area is 206 Å². The van der Waals surface area contributed by atoms with Gasteiger partial charge in [0, 0.05) is 17.1 Å². The Bertz CT molecular complexity index is 1270. The Balaban J connectivity index is 1.59. The SMILES string of the molecule is CCOc1ccc(-n2c(C)cc(/C=C3\SC(=O)N(Cc4ccc(Cl)c(Cl)c4)C3=O)c2C)cc1. The lowest BCUT2D eigenvalue weighted by molar-refractivity contribution is -0.123. The number of hydrogen-bond acceptors (Lipinski definition) is 4. The van der Waals surface area contributed by atoms with Crippen molar-refractivity contribution < 1.29 is 14.3 Å². The van der Waals surface area contributed by atoms with Crippen molar-refractivity contribution in [1.29, 1.82) is 0 Å². The van der Waals surface area contributed by atoms with Gasteiger partial charge in [-0.05, 0) is 92.2 Å². The molecule has 0 bridgehead atoms. The molecular weight excluding hydrogens is 479 g/mol. The van der Waals surface area contributed by atoms with Crippen molar-refractivity contribution in [3.63, 3.8) is 0 Å². The number of halogens is 2. The largest absolute Gasteiger partial charge is 0.494 e.